The van der Waals surface area contributed by atoms with Gasteiger partial charge in [-0.2, -0.15) is 0 Å². The molecule has 5 nitrogen and oxygen atoms in total. The Balaban J connectivity index is 1.39. The van der Waals surface area contributed by atoms with Crippen molar-refractivity contribution in [3.63, 3.8) is 0 Å². The summed E-state index contributed by atoms with van der Waals surface area (Å²) in [6, 6.07) is 7.84. The van der Waals surface area contributed by atoms with Gasteiger partial charge in [0.1, 0.15) is 0 Å². The number of hydrogen-bond acceptors (Lipinski definition) is 3. The van der Waals surface area contributed by atoms with E-state index in [4.69, 9.17) is 4.74 Å². The first kappa shape index (κ1) is 17.0. The molecular weight excluding hydrogens is 304 g/mol. The Bertz CT molecular complexity index is 581. The molecule has 5 heteroatoms. The van der Waals surface area contributed by atoms with Gasteiger partial charge in [0.2, 0.25) is 11.8 Å². The van der Waals surface area contributed by atoms with Crippen molar-refractivity contribution in [2.24, 2.45) is 11.8 Å². The standard InChI is InChI=1S/C19H26N2O3/c1-14-3-7-17(8-4-14)21-12-16(11-18(21)22)19(23)20-9-2-10-24-13-15-5-6-15/h3-4,7-8,15-16H,2,5-6,9-13H2,1H3,(H,20,23). The molecule has 0 bridgehead atoms. The molecule has 1 atom stereocenters. The molecule has 0 radical (unpaired) electrons. The molecule has 1 aliphatic heterocycles. The number of nitrogens with one attached hydrogen (secondary N) is 1. The molecule has 130 valence electrons. The summed E-state index contributed by atoms with van der Waals surface area (Å²) in [5.74, 6) is 0.509. The third-order valence-electron chi connectivity index (χ3n) is 4.66. The van der Waals surface area contributed by atoms with Gasteiger partial charge < -0.3 is 15.0 Å². The van der Waals surface area contributed by atoms with Crippen molar-refractivity contribution in [3.8, 4) is 0 Å². The Hall–Kier alpha value is -1.88. The highest BCUT2D eigenvalue weighted by Gasteiger charge is 2.34. The fraction of sp³-hybridized carbons (Fsp3) is 0.579. The van der Waals surface area contributed by atoms with Gasteiger partial charge in [0.15, 0.2) is 0 Å². The first-order chi connectivity index (χ1) is 11.6. The minimum Gasteiger partial charge on any atom is -0.381 e. The molecule has 2 fully saturated rings. The van der Waals surface area contributed by atoms with E-state index in [-0.39, 0.29) is 24.2 Å². The third kappa shape index (κ3) is 4.57. The number of ether oxygens (including phenoxy) is 1. The lowest BCUT2D eigenvalue weighted by atomic mass is 10.1. The smallest absolute Gasteiger partial charge is 0.227 e. The number of carbonyl (C=O) groups excluding carboxylic acids is 2. The first-order valence-corrected chi connectivity index (χ1v) is 8.86. The van der Waals surface area contributed by atoms with Crippen molar-refractivity contribution in [1.82, 2.24) is 5.32 Å². The molecule has 24 heavy (non-hydrogen) atoms. The summed E-state index contributed by atoms with van der Waals surface area (Å²) in [5, 5.41) is 2.93. The minimum absolute atomic E-state index is 0.0202. The van der Waals surface area contributed by atoms with Crippen LogP contribution in [0.4, 0.5) is 5.69 Å². The van der Waals surface area contributed by atoms with Crippen molar-refractivity contribution < 1.29 is 14.3 Å². The van der Waals surface area contributed by atoms with Gasteiger partial charge >= 0.3 is 0 Å². The van der Waals surface area contributed by atoms with E-state index in [0.717, 1.165) is 30.2 Å². The van der Waals surface area contributed by atoms with Gasteiger partial charge in [0.05, 0.1) is 5.92 Å². The number of carbonyl (C=O) groups is 2. The fourth-order valence-corrected chi connectivity index (χ4v) is 2.92. The molecule has 3 rings (SSSR count). The number of anilines is 1. The zero-order chi connectivity index (χ0) is 16.9. The SMILES string of the molecule is Cc1ccc(N2CC(C(=O)NCCCOCC3CC3)CC2=O)cc1. The Morgan fingerprint density at radius 1 is 1.29 bits per heavy atom. The molecular formula is C19H26N2O3. The lowest BCUT2D eigenvalue weighted by Crippen LogP contribution is -2.33. The van der Waals surface area contributed by atoms with E-state index in [9.17, 15) is 9.59 Å². The van der Waals surface area contributed by atoms with Crippen molar-refractivity contribution in [3.05, 3.63) is 29.8 Å². The number of benzene rings is 1. The van der Waals surface area contributed by atoms with Crippen molar-refractivity contribution in [1.29, 1.82) is 0 Å². The van der Waals surface area contributed by atoms with Crippen LogP contribution in [0.15, 0.2) is 24.3 Å². The summed E-state index contributed by atoms with van der Waals surface area (Å²) in [6.07, 6.45) is 3.70. The monoisotopic (exact) mass is 330 g/mol. The predicted octanol–water partition coefficient (Wildman–Crippen LogP) is 2.28. The van der Waals surface area contributed by atoms with Gasteiger partial charge in [-0.25, -0.2) is 0 Å². The van der Waals surface area contributed by atoms with Gasteiger partial charge in [0, 0.05) is 38.4 Å². The number of nitrogens with zero attached hydrogens (tertiary/aromatic N) is 1. The van der Waals surface area contributed by atoms with Crippen LogP contribution in [0.25, 0.3) is 0 Å². The van der Waals surface area contributed by atoms with Crippen LogP contribution in [0.3, 0.4) is 0 Å². The van der Waals surface area contributed by atoms with E-state index in [2.05, 4.69) is 5.32 Å². The number of amides is 2. The number of aryl methyl sites for hydroxylation is 1. The summed E-state index contributed by atoms with van der Waals surface area (Å²) < 4.78 is 5.55. The molecule has 0 aromatic heterocycles. The number of rotatable bonds is 8. The van der Waals surface area contributed by atoms with E-state index >= 15 is 0 Å². The van der Waals surface area contributed by atoms with Crippen LogP contribution in [0.2, 0.25) is 0 Å². The van der Waals surface area contributed by atoms with Crippen molar-refractivity contribution in [2.45, 2.75) is 32.6 Å². The van der Waals surface area contributed by atoms with Crippen molar-refractivity contribution >= 4 is 17.5 Å². The molecule has 2 amide bonds. The molecule has 1 saturated carbocycles. The quantitative estimate of drug-likeness (QED) is 0.744. The maximum absolute atomic E-state index is 12.2. The van der Waals surface area contributed by atoms with E-state index in [0.29, 0.717) is 19.7 Å². The fourth-order valence-electron chi connectivity index (χ4n) is 2.92. The molecule has 1 N–H and O–H groups in total. The topological polar surface area (TPSA) is 58.6 Å². The van der Waals surface area contributed by atoms with Crippen molar-refractivity contribution in [2.75, 3.05) is 31.2 Å². The maximum Gasteiger partial charge on any atom is 0.227 e. The van der Waals surface area contributed by atoms with Gasteiger partial charge in [0.25, 0.3) is 0 Å². The molecule has 2 aliphatic rings. The lowest BCUT2D eigenvalue weighted by Gasteiger charge is -2.17. The second kappa shape index (κ2) is 7.79. The first-order valence-electron chi connectivity index (χ1n) is 8.86. The van der Waals surface area contributed by atoms with Crippen LogP contribution in [0, 0.1) is 18.8 Å². The summed E-state index contributed by atoms with van der Waals surface area (Å²) in [5.41, 5.74) is 2.03. The molecule has 1 aliphatic carbocycles. The van der Waals surface area contributed by atoms with Crippen LogP contribution in [-0.4, -0.2) is 38.1 Å². The Kier molecular flexibility index (Phi) is 5.51. The second-order valence-corrected chi connectivity index (χ2v) is 6.90. The molecule has 0 spiro atoms. The van der Waals surface area contributed by atoms with Crippen LogP contribution >= 0.6 is 0 Å². The highest BCUT2D eigenvalue weighted by atomic mass is 16.5. The Morgan fingerprint density at radius 3 is 2.75 bits per heavy atom. The van der Waals surface area contributed by atoms with Crippen LogP contribution in [0.5, 0.6) is 0 Å². The lowest BCUT2D eigenvalue weighted by molar-refractivity contribution is -0.126. The summed E-state index contributed by atoms with van der Waals surface area (Å²) in [6.45, 7) is 4.64. The van der Waals surface area contributed by atoms with E-state index in [1.807, 2.05) is 31.2 Å². The predicted molar refractivity (Wildman–Crippen MR) is 92.8 cm³/mol. The summed E-state index contributed by atoms with van der Waals surface area (Å²) in [4.78, 5) is 26.1. The number of hydrogen-bond donors (Lipinski definition) is 1. The molecule has 1 aromatic carbocycles. The summed E-state index contributed by atoms with van der Waals surface area (Å²) in [7, 11) is 0. The van der Waals surface area contributed by atoms with E-state index < -0.39 is 0 Å². The average Bonchev–Trinajstić information content (AvgIpc) is 3.32. The highest BCUT2D eigenvalue weighted by molar-refractivity contribution is 6.00. The Morgan fingerprint density at radius 2 is 2.04 bits per heavy atom. The largest absolute Gasteiger partial charge is 0.381 e. The highest BCUT2D eigenvalue weighted by Crippen LogP contribution is 2.28. The zero-order valence-electron chi connectivity index (χ0n) is 14.3. The average molecular weight is 330 g/mol. The van der Waals surface area contributed by atoms with E-state index in [1.54, 1.807) is 4.90 Å². The van der Waals surface area contributed by atoms with Gasteiger partial charge in [-0.15, -0.1) is 0 Å². The van der Waals surface area contributed by atoms with Crippen LogP contribution in [-0.2, 0) is 14.3 Å². The molecule has 1 saturated heterocycles. The molecule has 1 unspecified atom stereocenters. The minimum atomic E-state index is -0.258. The third-order valence-corrected chi connectivity index (χ3v) is 4.66. The normalized spacial score (nSPS) is 20.5. The zero-order valence-corrected chi connectivity index (χ0v) is 14.3. The van der Waals surface area contributed by atoms with E-state index in [1.165, 1.54) is 12.8 Å². The Labute approximate surface area is 143 Å². The van der Waals surface area contributed by atoms with Crippen LogP contribution < -0.4 is 10.2 Å². The van der Waals surface area contributed by atoms with Gasteiger partial charge in [-0.1, -0.05) is 17.7 Å². The molecule has 1 heterocycles. The van der Waals surface area contributed by atoms with Gasteiger partial charge in [-0.05, 0) is 44.2 Å². The summed E-state index contributed by atoms with van der Waals surface area (Å²) >= 11 is 0. The molecule has 1 aromatic rings. The maximum atomic E-state index is 12.2. The second-order valence-electron chi connectivity index (χ2n) is 6.90. The van der Waals surface area contributed by atoms with Crippen LogP contribution in [0.1, 0.15) is 31.2 Å². The van der Waals surface area contributed by atoms with Gasteiger partial charge in [-0.3, -0.25) is 9.59 Å².